The molecule has 13 aromatic rings. The van der Waals surface area contributed by atoms with E-state index in [1.165, 1.54) is 150 Å². The second kappa shape index (κ2) is 18.2. The molecule has 6 aliphatic heterocycles. The molecule has 8 heteroatoms. The van der Waals surface area contributed by atoms with Crippen LogP contribution in [0.4, 0.5) is 68.2 Å². The maximum atomic E-state index is 8.73. The fourth-order valence-corrected chi connectivity index (χ4v) is 42.1. The number of anilines is 12. The van der Waals surface area contributed by atoms with Crippen molar-refractivity contribution in [3.63, 3.8) is 0 Å². The molecule has 0 fully saturated rings. The second-order valence-electron chi connectivity index (χ2n) is 32.1. The van der Waals surface area contributed by atoms with Crippen LogP contribution in [0.5, 0.6) is 23.0 Å². The molecule has 10 aliphatic rings. The first-order valence-corrected chi connectivity index (χ1v) is 46.3. The molecular weight excluding hydrogens is 1340 g/mol. The third-order valence-corrected chi connectivity index (χ3v) is 44.4. The molecule has 0 saturated heterocycles. The van der Waals surface area contributed by atoms with Crippen LogP contribution < -0.4 is 55.4 Å². The molecule has 0 N–H and O–H groups in total. The van der Waals surface area contributed by atoms with Crippen molar-refractivity contribution < 1.29 is 9.47 Å². The molecular formula is C92H70Ge2N4O2. The van der Waals surface area contributed by atoms with Crippen molar-refractivity contribution in [3.8, 4) is 67.5 Å². The fraction of sp³-hybridized carbons (Fsp3) is 0.152. The molecule has 100 heavy (non-hydrogen) atoms. The van der Waals surface area contributed by atoms with Gasteiger partial charge in [-0.25, -0.2) is 0 Å². The Morgan fingerprint density at radius 2 is 0.500 bits per heavy atom. The molecule has 23 rings (SSSR count). The minimum absolute atomic E-state index is 0.387. The van der Waals surface area contributed by atoms with Gasteiger partial charge in [0.2, 0.25) is 0 Å². The number of nitrogens with zero attached hydrogens (tertiary/aromatic N) is 4. The van der Waals surface area contributed by atoms with Crippen molar-refractivity contribution in [2.24, 2.45) is 0 Å². The van der Waals surface area contributed by atoms with Crippen LogP contribution in [0.3, 0.4) is 0 Å². The zero-order valence-corrected chi connectivity index (χ0v) is 61.9. The summed E-state index contributed by atoms with van der Waals surface area (Å²) in [5, 5.41) is 0. The summed E-state index contributed by atoms with van der Waals surface area (Å²) in [4.78, 5) is 11.0. The Hall–Kier alpha value is -10.3. The third kappa shape index (κ3) is 6.22. The van der Waals surface area contributed by atoms with Crippen LogP contribution in [0.25, 0.3) is 44.5 Å². The summed E-state index contributed by atoms with van der Waals surface area (Å²) in [6.45, 7) is 20.0. The van der Waals surface area contributed by atoms with E-state index in [0.717, 1.165) is 57.1 Å². The van der Waals surface area contributed by atoms with Gasteiger partial charge in [0.15, 0.2) is 0 Å². The molecule has 4 aliphatic carbocycles. The Morgan fingerprint density at radius 3 is 0.800 bits per heavy atom. The molecule has 0 amide bonds. The van der Waals surface area contributed by atoms with Gasteiger partial charge in [0.05, 0.1) is 0 Å². The van der Waals surface area contributed by atoms with Crippen molar-refractivity contribution in [2.45, 2.75) is 88.6 Å². The summed E-state index contributed by atoms with van der Waals surface area (Å²) < 4.78 is 25.8. The van der Waals surface area contributed by atoms with Gasteiger partial charge in [-0.1, -0.05) is 0 Å². The monoisotopic (exact) mass is 1410 g/mol. The van der Waals surface area contributed by atoms with Gasteiger partial charge < -0.3 is 0 Å². The second-order valence-corrected chi connectivity index (χ2v) is 47.8. The van der Waals surface area contributed by atoms with Crippen molar-refractivity contribution in [3.05, 3.63) is 287 Å². The number of fused-ring (bicyclic) bond motifs is 18. The fourth-order valence-electron chi connectivity index (χ4n) is 22.0. The molecule has 13 aromatic carbocycles. The van der Waals surface area contributed by atoms with Crippen LogP contribution in [-0.4, -0.2) is 26.5 Å². The van der Waals surface area contributed by atoms with Crippen LogP contribution >= 0.6 is 0 Å². The van der Waals surface area contributed by atoms with E-state index in [9.17, 15) is 0 Å². The van der Waals surface area contributed by atoms with E-state index in [2.05, 4.69) is 329 Å². The Labute approximate surface area is 589 Å². The summed E-state index contributed by atoms with van der Waals surface area (Å²) in [7, 11) is 0. The topological polar surface area (TPSA) is 31.4 Å². The molecule has 2 atom stereocenters. The van der Waals surface area contributed by atoms with Crippen molar-refractivity contribution >= 4 is 121 Å². The van der Waals surface area contributed by atoms with Crippen LogP contribution in [-0.2, 0) is 21.7 Å². The van der Waals surface area contributed by atoms with E-state index >= 15 is 0 Å². The van der Waals surface area contributed by atoms with Crippen LogP contribution in [0.15, 0.2) is 243 Å². The van der Waals surface area contributed by atoms with Crippen LogP contribution in [0, 0.1) is 0 Å². The zero-order chi connectivity index (χ0) is 66.9. The Bertz CT molecular complexity index is 5670. The van der Waals surface area contributed by atoms with Crippen molar-refractivity contribution in [1.29, 1.82) is 0 Å². The van der Waals surface area contributed by atoms with Crippen molar-refractivity contribution in [2.75, 3.05) is 19.6 Å². The first kappa shape index (κ1) is 56.6. The minimum atomic E-state index is -4.47. The molecule has 0 spiro atoms. The molecule has 478 valence electrons. The summed E-state index contributed by atoms with van der Waals surface area (Å²) in [6, 6.07) is 93.1. The van der Waals surface area contributed by atoms with Gasteiger partial charge >= 0.3 is 593 Å². The molecule has 2 unspecified atom stereocenters. The summed E-state index contributed by atoms with van der Waals surface area (Å²) >= 11 is -8.94. The van der Waals surface area contributed by atoms with Gasteiger partial charge in [-0.15, -0.1) is 0 Å². The average molecular weight is 1410 g/mol. The van der Waals surface area contributed by atoms with E-state index < -0.39 is 26.5 Å². The van der Waals surface area contributed by atoms with Crippen LogP contribution in [0.2, 0.25) is 11.5 Å². The maximum absolute atomic E-state index is 8.73. The number of ether oxygens (including phenoxy) is 2. The number of hydrogen-bond acceptors (Lipinski definition) is 6. The van der Waals surface area contributed by atoms with Gasteiger partial charge in [-0.05, 0) is 0 Å². The number of rotatable bonds is 4. The van der Waals surface area contributed by atoms with Gasteiger partial charge in [-0.3, -0.25) is 0 Å². The Morgan fingerprint density at radius 1 is 0.250 bits per heavy atom. The summed E-state index contributed by atoms with van der Waals surface area (Å²) in [5.41, 5.74) is 34.0. The molecule has 6 heterocycles. The van der Waals surface area contributed by atoms with Crippen molar-refractivity contribution in [1.82, 2.24) is 0 Å². The summed E-state index contributed by atoms with van der Waals surface area (Å²) in [5.74, 6) is 9.49. The van der Waals surface area contributed by atoms with E-state index in [-0.39, 0.29) is 21.7 Å². The first-order chi connectivity index (χ1) is 48.5. The van der Waals surface area contributed by atoms with Gasteiger partial charge in [-0.2, -0.15) is 0 Å². The standard InChI is InChI=1S/C92H70Ge2N4O2/c1-89(2)63-43-27-23-39-55(63)59-47-67-75-81(71(59)89)97(53-35-19-13-20-36-53)83-73-61(57-41-25-29-45-65(57)91(73,5)6)49-69-77(83)93(75,9)79-85(95(67)51-31-15-11-16-32-51)88-80-86(87(79)99-69)96(52-33-17-12-18-34-52)68-48-60-56-40-24-28-44-64(56)90(3,4)72(60)82-76(68)94(80,10)78-70(100-88)50-62-58-42-26-30-46-66(58)92(7,8)74(62)84(78)98(82)54-37-21-14-22-38-54/h11-50H,1-10H3. The summed E-state index contributed by atoms with van der Waals surface area (Å²) in [6.07, 6.45) is 0. The molecule has 0 aromatic heterocycles. The van der Waals surface area contributed by atoms with Gasteiger partial charge in [0.1, 0.15) is 0 Å². The quantitative estimate of drug-likeness (QED) is 0.163. The SMILES string of the molecule is CC1(C)c2ccccc2-c2cc3[c]4c(c21)N(c1ccccc1)c1c2c(cc5[c]1[Ge]4([CH3])[c]1c(c4[c]6c(c1N5c1ccccc1)Oc1cc5c(c7[c]1[Ge]6([CH3])[c]1c(cc6c(c1N7c1ccccc1)C(C)(C)c1ccccc1-6)N4c1ccccc1)C(C)(C)c1ccccc1-5)O3)-c1ccccc1C2(C)C. The number of hydrogen-bond donors (Lipinski definition) is 0. The Balaban J connectivity index is 0.968. The van der Waals surface area contributed by atoms with Gasteiger partial charge in [0.25, 0.3) is 0 Å². The number of benzene rings is 13. The molecule has 0 radical (unpaired) electrons. The van der Waals surface area contributed by atoms with Crippen LogP contribution in [0.1, 0.15) is 99.9 Å². The molecule has 0 bridgehead atoms. The molecule has 0 saturated carbocycles. The predicted molar refractivity (Wildman–Crippen MR) is 417 cm³/mol. The van der Waals surface area contributed by atoms with E-state index in [1.807, 2.05) is 0 Å². The molecule has 6 nitrogen and oxygen atoms in total. The normalized spacial score (nSPS) is 19.8. The van der Waals surface area contributed by atoms with E-state index in [0.29, 0.717) is 0 Å². The predicted octanol–water partition coefficient (Wildman–Crippen LogP) is 20.5. The average Bonchev–Trinajstić information content (AvgIpc) is 0.981. The third-order valence-electron chi connectivity index (χ3n) is 25.8. The van der Waals surface area contributed by atoms with E-state index in [4.69, 9.17) is 9.47 Å². The van der Waals surface area contributed by atoms with Gasteiger partial charge in [0, 0.05) is 0 Å². The van der Waals surface area contributed by atoms with E-state index in [1.54, 1.807) is 0 Å². The zero-order valence-electron chi connectivity index (χ0n) is 57.7. The first-order valence-electron chi connectivity index (χ1n) is 35.8. The Kier molecular flexibility index (Phi) is 10.3. The number of para-hydroxylation sites is 4.